The third kappa shape index (κ3) is 5.13. The molecule has 3 aromatic heterocycles. The van der Waals surface area contributed by atoms with E-state index < -0.39 is 0 Å². The minimum atomic E-state index is 0.421. The van der Waals surface area contributed by atoms with Gasteiger partial charge in [0.15, 0.2) is 11.5 Å². The van der Waals surface area contributed by atoms with E-state index in [9.17, 15) is 0 Å². The molecule has 0 unspecified atom stereocenters. The van der Waals surface area contributed by atoms with Gasteiger partial charge in [-0.05, 0) is 23.6 Å². The molecule has 0 spiro atoms. The lowest BCUT2D eigenvalue weighted by molar-refractivity contribution is 0.00708. The molecule has 1 aromatic carbocycles. The highest BCUT2D eigenvalue weighted by molar-refractivity contribution is 7.23. The number of imidazole rings is 1. The van der Waals surface area contributed by atoms with Crippen LogP contribution in [0.2, 0.25) is 0 Å². The van der Waals surface area contributed by atoms with Gasteiger partial charge in [0.1, 0.15) is 19.0 Å². The van der Waals surface area contributed by atoms with E-state index >= 15 is 0 Å². The highest BCUT2D eigenvalue weighted by atomic mass is 32.1. The number of benzene rings is 1. The van der Waals surface area contributed by atoms with Gasteiger partial charge in [0.2, 0.25) is 0 Å². The molecule has 0 amide bonds. The number of H-pyrrole nitrogens is 1. The molecule has 0 bridgehead atoms. The Morgan fingerprint density at radius 1 is 0.719 bits per heavy atom. The maximum atomic E-state index is 5.96. The van der Waals surface area contributed by atoms with Gasteiger partial charge in [0, 0.05) is 21.9 Å². The molecule has 32 heavy (non-hydrogen) atoms. The molecule has 1 aliphatic heterocycles. The first-order valence-corrected chi connectivity index (χ1v) is 12.2. The second-order valence-corrected chi connectivity index (χ2v) is 9.11. The van der Waals surface area contributed by atoms with Crippen molar-refractivity contribution in [2.75, 3.05) is 52.9 Å². The summed E-state index contributed by atoms with van der Waals surface area (Å²) in [7, 11) is 0. The fraction of sp³-hybridized carbons (Fsp3) is 0.348. The summed E-state index contributed by atoms with van der Waals surface area (Å²) in [6.45, 7) is 3.96. The molecule has 1 N–H and O–H groups in total. The van der Waals surface area contributed by atoms with Gasteiger partial charge in [-0.1, -0.05) is 6.07 Å². The molecule has 0 saturated carbocycles. The molecule has 168 valence electrons. The van der Waals surface area contributed by atoms with Crippen molar-refractivity contribution in [2.45, 2.75) is 0 Å². The van der Waals surface area contributed by atoms with E-state index in [1.165, 1.54) is 9.75 Å². The second kappa shape index (κ2) is 10.5. The molecule has 4 aromatic rings. The van der Waals surface area contributed by atoms with E-state index in [0.29, 0.717) is 64.4 Å². The molecular weight excluding hydrogens is 448 g/mol. The molecule has 0 fully saturated rings. The summed E-state index contributed by atoms with van der Waals surface area (Å²) in [6.07, 6.45) is 0. The van der Waals surface area contributed by atoms with Crippen LogP contribution in [0.1, 0.15) is 0 Å². The van der Waals surface area contributed by atoms with Crippen LogP contribution in [-0.4, -0.2) is 62.8 Å². The number of hydrogen-bond acceptors (Lipinski definition) is 8. The molecule has 1 aliphatic rings. The summed E-state index contributed by atoms with van der Waals surface area (Å²) in [4.78, 5) is 11.8. The van der Waals surface area contributed by atoms with Crippen LogP contribution in [0.3, 0.4) is 0 Å². The van der Waals surface area contributed by atoms with Gasteiger partial charge in [0.05, 0.1) is 55.6 Å². The first-order valence-electron chi connectivity index (χ1n) is 10.5. The Kier molecular flexibility index (Phi) is 7.00. The van der Waals surface area contributed by atoms with Gasteiger partial charge in [-0.25, -0.2) is 4.98 Å². The standard InChI is InChI=1S/C23H24N2O5S2/c1-2-20(31-13-1)21-3-4-22(32-21)23-24-16-14-18-19(15-17(16)25-23)30-12-10-28-8-6-26-5-7-27-9-11-29-18/h1-4,13-15H,5-12H2,(H,24,25). The minimum Gasteiger partial charge on any atom is -0.487 e. The molecule has 0 radical (unpaired) electrons. The summed E-state index contributed by atoms with van der Waals surface area (Å²) in [5, 5.41) is 2.09. The van der Waals surface area contributed by atoms with E-state index in [1.807, 2.05) is 12.1 Å². The lowest BCUT2D eigenvalue weighted by atomic mass is 10.2. The predicted molar refractivity (Wildman–Crippen MR) is 126 cm³/mol. The first kappa shape index (κ1) is 21.4. The van der Waals surface area contributed by atoms with Crippen molar-refractivity contribution in [3.05, 3.63) is 41.8 Å². The van der Waals surface area contributed by atoms with Crippen LogP contribution in [0.5, 0.6) is 11.5 Å². The number of rotatable bonds is 2. The van der Waals surface area contributed by atoms with E-state index in [4.69, 9.17) is 28.7 Å². The van der Waals surface area contributed by atoms with Crippen LogP contribution in [0.15, 0.2) is 41.8 Å². The van der Waals surface area contributed by atoms with Crippen molar-refractivity contribution in [3.63, 3.8) is 0 Å². The van der Waals surface area contributed by atoms with E-state index in [1.54, 1.807) is 22.7 Å². The summed E-state index contributed by atoms with van der Waals surface area (Å²) in [5.41, 5.74) is 1.73. The zero-order chi connectivity index (χ0) is 21.6. The van der Waals surface area contributed by atoms with Crippen LogP contribution in [0.4, 0.5) is 0 Å². The second-order valence-electron chi connectivity index (χ2n) is 7.08. The number of thiophene rings is 2. The molecule has 0 aliphatic carbocycles. The summed E-state index contributed by atoms with van der Waals surface area (Å²) in [6, 6.07) is 12.3. The third-order valence-corrected chi connectivity index (χ3v) is 7.02. The van der Waals surface area contributed by atoms with Gasteiger partial charge in [-0.3, -0.25) is 0 Å². The van der Waals surface area contributed by atoms with Crippen molar-refractivity contribution in [1.29, 1.82) is 0 Å². The Hall–Kier alpha value is -2.43. The molecule has 9 heteroatoms. The average Bonchev–Trinajstić information content (AvgIpc) is 3.55. The Morgan fingerprint density at radius 2 is 1.38 bits per heavy atom. The molecular formula is C23H24N2O5S2. The lowest BCUT2D eigenvalue weighted by Gasteiger charge is -2.13. The number of aromatic amines is 1. The summed E-state index contributed by atoms with van der Waals surface area (Å²) >= 11 is 3.46. The SMILES string of the molecule is c1csc(-c2ccc(-c3nc4cc5c(cc4[nH]3)OCCOCCOCCOCCO5)s2)c1. The fourth-order valence-electron chi connectivity index (χ4n) is 3.34. The molecule has 0 saturated heterocycles. The molecule has 7 nitrogen and oxygen atoms in total. The van der Waals surface area contributed by atoms with Gasteiger partial charge in [-0.15, -0.1) is 22.7 Å². The van der Waals surface area contributed by atoms with E-state index in [0.717, 1.165) is 21.7 Å². The van der Waals surface area contributed by atoms with Crippen molar-refractivity contribution in [2.24, 2.45) is 0 Å². The van der Waals surface area contributed by atoms with E-state index in [2.05, 4.69) is 34.6 Å². The van der Waals surface area contributed by atoms with Gasteiger partial charge >= 0.3 is 0 Å². The maximum absolute atomic E-state index is 5.96. The maximum Gasteiger partial charge on any atom is 0.163 e. The molecule has 0 atom stereocenters. The van der Waals surface area contributed by atoms with Gasteiger partial charge in [0.25, 0.3) is 0 Å². The van der Waals surface area contributed by atoms with Crippen LogP contribution in [-0.2, 0) is 14.2 Å². The smallest absolute Gasteiger partial charge is 0.163 e. The highest BCUT2D eigenvalue weighted by Gasteiger charge is 2.14. The third-order valence-electron chi connectivity index (χ3n) is 4.87. The average molecular weight is 473 g/mol. The first-order chi connectivity index (χ1) is 15.9. The summed E-state index contributed by atoms with van der Waals surface area (Å²) < 4.78 is 28.5. The predicted octanol–water partition coefficient (Wildman–Crippen LogP) is 4.84. The fourth-order valence-corrected chi connectivity index (χ4v) is 5.12. The van der Waals surface area contributed by atoms with Gasteiger partial charge in [-0.2, -0.15) is 0 Å². The monoisotopic (exact) mass is 472 g/mol. The minimum absolute atomic E-state index is 0.421. The number of fused-ring (bicyclic) bond motifs is 2. The van der Waals surface area contributed by atoms with E-state index in [-0.39, 0.29) is 0 Å². The zero-order valence-electron chi connectivity index (χ0n) is 17.5. The topological polar surface area (TPSA) is 74.8 Å². The number of ether oxygens (including phenoxy) is 5. The molecule has 4 heterocycles. The van der Waals surface area contributed by atoms with Crippen molar-refractivity contribution in [1.82, 2.24) is 9.97 Å². The van der Waals surface area contributed by atoms with Crippen LogP contribution in [0.25, 0.3) is 31.5 Å². The van der Waals surface area contributed by atoms with Crippen molar-refractivity contribution < 1.29 is 23.7 Å². The number of hydrogen-bond donors (Lipinski definition) is 1. The number of nitrogens with one attached hydrogen (secondary N) is 1. The quantitative estimate of drug-likeness (QED) is 0.450. The normalized spacial score (nSPS) is 16.5. The van der Waals surface area contributed by atoms with Crippen molar-refractivity contribution in [3.8, 4) is 32.0 Å². The molecule has 5 rings (SSSR count). The number of aromatic nitrogens is 2. The Morgan fingerprint density at radius 3 is 2.06 bits per heavy atom. The van der Waals surface area contributed by atoms with Crippen LogP contribution < -0.4 is 9.47 Å². The zero-order valence-corrected chi connectivity index (χ0v) is 19.1. The number of nitrogens with zero attached hydrogens (tertiary/aromatic N) is 1. The summed E-state index contributed by atoms with van der Waals surface area (Å²) in [5.74, 6) is 2.15. The Bertz CT molecular complexity index is 1090. The largest absolute Gasteiger partial charge is 0.487 e. The van der Waals surface area contributed by atoms with Crippen molar-refractivity contribution >= 4 is 33.7 Å². The lowest BCUT2D eigenvalue weighted by Crippen LogP contribution is -2.13. The Balaban J connectivity index is 1.38. The Labute approximate surface area is 193 Å². The van der Waals surface area contributed by atoms with Gasteiger partial charge < -0.3 is 28.7 Å². The van der Waals surface area contributed by atoms with Crippen LogP contribution >= 0.6 is 22.7 Å². The highest BCUT2D eigenvalue weighted by Crippen LogP contribution is 2.37. The van der Waals surface area contributed by atoms with Crippen LogP contribution in [0, 0.1) is 0 Å².